The van der Waals surface area contributed by atoms with Crippen LogP contribution in [0.4, 0.5) is 17.1 Å². The molecule has 0 unspecified atom stereocenters. The van der Waals surface area contributed by atoms with Gasteiger partial charge in [0.25, 0.3) is 0 Å². The number of hydrogen-bond donors (Lipinski definition) is 0. The molecule has 4 heterocycles. The molecule has 11 rings (SSSR count). The highest BCUT2D eigenvalue weighted by molar-refractivity contribution is 7.04. The van der Waals surface area contributed by atoms with Crippen LogP contribution >= 0.6 is 0 Å². The number of nitrogens with zero attached hydrogens (tertiary/aromatic N) is 2. The molecule has 0 saturated heterocycles. The predicted octanol–water partition coefficient (Wildman–Crippen LogP) is 8.48. The van der Waals surface area contributed by atoms with E-state index in [9.17, 15) is 0 Å². The Kier molecular flexibility index (Phi) is 4.88. The molecule has 1 aliphatic carbocycles. The average Bonchev–Trinajstić information content (AvgIpc) is 3.57. The van der Waals surface area contributed by atoms with Gasteiger partial charge in [-0.3, -0.25) is 0 Å². The Bertz CT molecular complexity index is 2610. The molecule has 0 atom stereocenters. The molecule has 3 aliphatic heterocycles. The zero-order valence-electron chi connectivity index (χ0n) is 28.0. The predicted molar refractivity (Wildman–Crippen MR) is 207 cm³/mol. The largest absolute Gasteiger partial charge is 0.378 e. The van der Waals surface area contributed by atoms with Gasteiger partial charge in [0, 0.05) is 50.2 Å². The molecule has 6 aromatic carbocycles. The highest BCUT2D eigenvalue weighted by atomic mass is 28.3. The Hall–Kier alpha value is -5.06. The number of aromatic nitrogens is 1. The van der Waals surface area contributed by atoms with Crippen molar-refractivity contribution in [3.05, 3.63) is 138 Å². The van der Waals surface area contributed by atoms with Crippen LogP contribution < -0.4 is 26.2 Å². The molecule has 2 nitrogen and oxygen atoms in total. The van der Waals surface area contributed by atoms with E-state index in [0.29, 0.717) is 0 Å². The maximum Gasteiger partial charge on any atom is 0.332 e. The Balaban J connectivity index is 1.35. The molecule has 0 fully saturated rings. The van der Waals surface area contributed by atoms with Crippen molar-refractivity contribution < 1.29 is 0 Å². The van der Waals surface area contributed by atoms with Gasteiger partial charge in [-0.1, -0.05) is 130 Å². The third-order valence-electron chi connectivity index (χ3n) is 12.2. The van der Waals surface area contributed by atoms with Crippen molar-refractivity contribution in [2.45, 2.75) is 39.3 Å². The Morgan fingerprint density at radius 1 is 0.646 bits per heavy atom. The third-order valence-corrected chi connectivity index (χ3v) is 15.8. The summed E-state index contributed by atoms with van der Waals surface area (Å²) in [4.78, 5) is 2.66. The van der Waals surface area contributed by atoms with E-state index in [1.807, 2.05) is 0 Å². The monoisotopic (exact) mass is 630 g/mol. The van der Waals surface area contributed by atoms with E-state index >= 15 is 0 Å². The lowest BCUT2D eigenvalue weighted by atomic mass is 9.44. The molecule has 0 saturated carbocycles. The minimum Gasteiger partial charge on any atom is -0.378 e. The number of benzene rings is 6. The first-order valence-electron chi connectivity index (χ1n) is 17.3. The standard InChI is InChI=1S/C44H35BN2Si/c1-26-14-6-7-15-28(26)27-24-32-29-17-12-18-31-39-30-16-8-9-19-33(30)44(2,3)43(39)47(41(29)31)45-34-20-13-23-38-42(34)46(36(25-27)40(32)45)35-21-10-11-22-37(35)48(38,4)5/h6-25H,1-5H3. The van der Waals surface area contributed by atoms with Gasteiger partial charge in [0.2, 0.25) is 0 Å². The molecular formula is C44H35BN2Si. The van der Waals surface area contributed by atoms with Crippen LogP contribution in [0.15, 0.2) is 121 Å². The van der Waals surface area contributed by atoms with E-state index in [0.717, 1.165) is 0 Å². The number of aryl methyl sites for hydroxylation is 1. The number of rotatable bonds is 1. The van der Waals surface area contributed by atoms with E-state index in [4.69, 9.17) is 0 Å². The summed E-state index contributed by atoms with van der Waals surface area (Å²) in [5.74, 6) is 0. The van der Waals surface area contributed by atoms with Crippen LogP contribution in [0.25, 0.3) is 44.3 Å². The fraction of sp³-hybridized carbons (Fsp3) is 0.136. The maximum atomic E-state index is 2.79. The fourth-order valence-electron chi connectivity index (χ4n) is 10.2. The molecular weight excluding hydrogens is 595 g/mol. The van der Waals surface area contributed by atoms with Crippen LogP contribution in [0.2, 0.25) is 13.1 Å². The Labute approximate surface area is 283 Å². The van der Waals surface area contributed by atoms with Gasteiger partial charge >= 0.3 is 6.85 Å². The molecule has 0 bridgehead atoms. The van der Waals surface area contributed by atoms with Gasteiger partial charge in [0.1, 0.15) is 8.07 Å². The van der Waals surface area contributed by atoms with Crippen LogP contribution in [0.1, 0.15) is 30.7 Å². The Morgan fingerprint density at radius 3 is 2.21 bits per heavy atom. The topological polar surface area (TPSA) is 8.17 Å². The second-order valence-corrected chi connectivity index (χ2v) is 19.7. The second-order valence-electron chi connectivity index (χ2n) is 15.4. The normalized spacial score (nSPS) is 16.3. The van der Waals surface area contributed by atoms with Crippen molar-refractivity contribution in [3.63, 3.8) is 0 Å². The van der Waals surface area contributed by atoms with Crippen molar-refractivity contribution in [2.24, 2.45) is 0 Å². The van der Waals surface area contributed by atoms with E-state index < -0.39 is 8.07 Å². The number of fused-ring (bicyclic) bond motifs is 11. The van der Waals surface area contributed by atoms with Gasteiger partial charge in [0.15, 0.2) is 0 Å². The van der Waals surface area contributed by atoms with Gasteiger partial charge in [-0.05, 0) is 79.8 Å². The highest BCUT2D eigenvalue weighted by Crippen LogP contribution is 2.56. The van der Waals surface area contributed by atoms with Gasteiger partial charge < -0.3 is 9.38 Å². The van der Waals surface area contributed by atoms with Crippen LogP contribution in [0.5, 0.6) is 0 Å². The van der Waals surface area contributed by atoms with Gasteiger partial charge in [-0.2, -0.15) is 0 Å². The average molecular weight is 631 g/mol. The first-order chi connectivity index (χ1) is 23.3. The van der Waals surface area contributed by atoms with E-state index in [-0.39, 0.29) is 12.3 Å². The molecule has 0 amide bonds. The van der Waals surface area contributed by atoms with Crippen LogP contribution in [-0.2, 0) is 5.41 Å². The second kappa shape index (κ2) is 8.69. The van der Waals surface area contributed by atoms with E-state index in [2.05, 4.69) is 165 Å². The summed E-state index contributed by atoms with van der Waals surface area (Å²) < 4.78 is 2.79. The van der Waals surface area contributed by atoms with Crippen molar-refractivity contribution in [1.29, 1.82) is 0 Å². The summed E-state index contributed by atoms with van der Waals surface area (Å²) in [5, 5.41) is 4.43. The Morgan fingerprint density at radius 2 is 1.35 bits per heavy atom. The van der Waals surface area contributed by atoms with E-state index in [1.54, 1.807) is 0 Å². The number of para-hydroxylation sites is 3. The molecule has 0 radical (unpaired) electrons. The minimum absolute atomic E-state index is 0.0805. The molecule has 1 aromatic heterocycles. The van der Waals surface area contributed by atoms with Gasteiger partial charge in [-0.25, -0.2) is 0 Å². The quantitative estimate of drug-likeness (QED) is 0.165. The summed E-state index contributed by atoms with van der Waals surface area (Å²) in [6, 6.07) is 46.6. The van der Waals surface area contributed by atoms with Gasteiger partial charge in [0.05, 0.1) is 0 Å². The minimum atomic E-state index is -2.00. The molecule has 0 N–H and O–H groups in total. The molecule has 4 heteroatoms. The summed E-state index contributed by atoms with van der Waals surface area (Å²) in [6.07, 6.45) is 0. The first kappa shape index (κ1) is 27.0. The number of anilines is 3. The lowest BCUT2D eigenvalue weighted by Crippen LogP contribution is -2.65. The molecule has 0 spiro atoms. The fourth-order valence-corrected chi connectivity index (χ4v) is 13.2. The summed E-state index contributed by atoms with van der Waals surface area (Å²) in [5.41, 5.74) is 20.5. The maximum absolute atomic E-state index is 2.79. The summed E-state index contributed by atoms with van der Waals surface area (Å²) in [7, 11) is -2.00. The molecule has 228 valence electrons. The van der Waals surface area contributed by atoms with Crippen molar-refractivity contribution >= 4 is 64.2 Å². The zero-order valence-corrected chi connectivity index (χ0v) is 29.0. The van der Waals surface area contributed by atoms with Crippen LogP contribution in [-0.4, -0.2) is 19.4 Å². The summed E-state index contributed by atoms with van der Waals surface area (Å²) >= 11 is 0. The van der Waals surface area contributed by atoms with E-state index in [1.165, 1.54) is 99.5 Å². The third kappa shape index (κ3) is 2.98. The number of hydrogen-bond acceptors (Lipinski definition) is 1. The van der Waals surface area contributed by atoms with Gasteiger partial charge in [-0.15, -0.1) is 0 Å². The summed E-state index contributed by atoms with van der Waals surface area (Å²) in [6.45, 7) is 12.3. The van der Waals surface area contributed by atoms with Crippen LogP contribution in [0.3, 0.4) is 0 Å². The van der Waals surface area contributed by atoms with Crippen molar-refractivity contribution in [2.75, 3.05) is 4.90 Å². The first-order valence-corrected chi connectivity index (χ1v) is 20.3. The van der Waals surface area contributed by atoms with Crippen molar-refractivity contribution in [1.82, 2.24) is 4.48 Å². The van der Waals surface area contributed by atoms with Crippen molar-refractivity contribution in [3.8, 4) is 33.4 Å². The zero-order chi connectivity index (χ0) is 32.3. The lowest BCUT2D eigenvalue weighted by molar-refractivity contribution is 0.632. The molecule has 48 heavy (non-hydrogen) atoms. The molecule has 7 aromatic rings. The smallest absolute Gasteiger partial charge is 0.332 e. The molecule has 4 aliphatic rings. The van der Waals surface area contributed by atoms with Crippen LogP contribution in [0, 0.1) is 6.92 Å². The SMILES string of the molecule is Cc1ccccc1-c1cc2c3c(c1)N1c4ccccc4[Si](C)(C)c4cccc(c41)B3n1c3c(c4cccc-2c41)-c1ccccc1C3(C)C. The lowest BCUT2D eigenvalue weighted by Gasteiger charge is -2.48. The highest BCUT2D eigenvalue weighted by Gasteiger charge is 2.51.